The molecule has 0 aromatic rings. The molecular formula is C32H44O12. The fourth-order valence-corrected chi connectivity index (χ4v) is 9.92. The average Bonchev–Trinajstić information content (AvgIpc) is 3.88. The summed E-state index contributed by atoms with van der Waals surface area (Å²) in [4.78, 5) is 38.3. The largest absolute Gasteiger partial charge is 0.463 e. The van der Waals surface area contributed by atoms with Gasteiger partial charge in [-0.3, -0.25) is 9.59 Å². The number of ether oxygens (including phenoxy) is 6. The molecule has 12 nitrogen and oxygen atoms in total. The zero-order valence-electron chi connectivity index (χ0n) is 25.9. The highest BCUT2D eigenvalue weighted by molar-refractivity contribution is 5.92. The molecule has 1 spiro atoms. The van der Waals surface area contributed by atoms with Gasteiger partial charge in [0, 0.05) is 22.3 Å². The lowest BCUT2D eigenvalue weighted by Crippen LogP contribution is -2.73. The van der Waals surface area contributed by atoms with Gasteiger partial charge in [0.25, 0.3) is 0 Å². The van der Waals surface area contributed by atoms with E-state index in [4.69, 9.17) is 28.4 Å². The minimum absolute atomic E-state index is 0.0208. The molecule has 5 fully saturated rings. The van der Waals surface area contributed by atoms with E-state index in [0.29, 0.717) is 13.0 Å². The Morgan fingerprint density at radius 3 is 2.52 bits per heavy atom. The normalized spacial score (nSPS) is 50.0. The van der Waals surface area contributed by atoms with Crippen LogP contribution in [0.25, 0.3) is 0 Å². The Labute approximate surface area is 256 Å². The Morgan fingerprint density at radius 1 is 1.07 bits per heavy atom. The van der Waals surface area contributed by atoms with Gasteiger partial charge in [-0.25, -0.2) is 4.79 Å². The van der Waals surface area contributed by atoms with Crippen LogP contribution >= 0.6 is 0 Å². The standard InChI is InChI=1S/C32H44O12/c1-14(2)31-10-18(31)26-32(44-26)29(4)9-8-16-17(11-40-27(16)38)19(29)12-41-30(32,5)28(31)43-22(34)7-6-21(33)39-13-20-24(36)25(37)23(35)15(3)42-20/h14-15,18-20,23-26,28,35-37H,6-13H2,1-5H3/t15?,18-,19-,20?,23?,24?,25?,26-,28-,29-,30+,31+,32+/m0/s1. The zero-order chi connectivity index (χ0) is 31.6. The third kappa shape index (κ3) is 3.87. The number of hydrogen-bond donors (Lipinski definition) is 3. The SMILES string of the molecule is CC1OC(COC(=O)CCC(=O)O[C@@H]2[C@@]3(C(C)C)C[C@H]3[C@@H]3O[C@@]34[C@@]3(C)CCC5=C(COC5=O)[C@@H]3CO[C@]24C)C(O)C(O)C1O. The van der Waals surface area contributed by atoms with E-state index in [9.17, 15) is 29.7 Å². The van der Waals surface area contributed by atoms with Crippen LogP contribution in [0.4, 0.5) is 0 Å². The molecule has 0 bridgehead atoms. The molecule has 244 valence electrons. The zero-order valence-corrected chi connectivity index (χ0v) is 25.9. The predicted octanol–water partition coefficient (Wildman–Crippen LogP) is 0.964. The number of hydrogen-bond acceptors (Lipinski definition) is 12. The second kappa shape index (κ2) is 9.95. The maximum Gasteiger partial charge on any atom is 0.334 e. The van der Waals surface area contributed by atoms with E-state index < -0.39 is 59.8 Å². The van der Waals surface area contributed by atoms with E-state index in [0.717, 1.165) is 24.0 Å². The van der Waals surface area contributed by atoms with E-state index in [1.54, 1.807) is 6.92 Å². The Bertz CT molecular complexity index is 1300. The van der Waals surface area contributed by atoms with E-state index in [-0.39, 0.29) is 66.7 Å². The van der Waals surface area contributed by atoms with E-state index in [2.05, 4.69) is 20.8 Å². The van der Waals surface area contributed by atoms with Crippen molar-refractivity contribution in [2.24, 2.45) is 28.6 Å². The Kier molecular flexibility index (Phi) is 6.91. The summed E-state index contributed by atoms with van der Waals surface area (Å²) < 4.78 is 36.0. The van der Waals surface area contributed by atoms with Gasteiger partial charge in [0.2, 0.25) is 0 Å². The van der Waals surface area contributed by atoms with Crippen molar-refractivity contribution >= 4 is 17.9 Å². The minimum atomic E-state index is -1.42. The Hall–Kier alpha value is -2.09. The molecule has 2 saturated carbocycles. The highest BCUT2D eigenvalue weighted by Gasteiger charge is 2.93. The maximum absolute atomic E-state index is 13.4. The van der Waals surface area contributed by atoms with Gasteiger partial charge in [0.15, 0.2) is 0 Å². The first-order chi connectivity index (χ1) is 20.7. The van der Waals surface area contributed by atoms with Gasteiger partial charge >= 0.3 is 17.9 Å². The molecule has 44 heavy (non-hydrogen) atoms. The summed E-state index contributed by atoms with van der Waals surface area (Å²) in [6.07, 6.45) is -4.66. The van der Waals surface area contributed by atoms with Gasteiger partial charge in [0.05, 0.1) is 31.7 Å². The molecule has 12 heteroatoms. The van der Waals surface area contributed by atoms with Crippen molar-refractivity contribution in [2.45, 2.75) is 121 Å². The number of cyclic esters (lactones) is 1. The van der Waals surface area contributed by atoms with Crippen molar-refractivity contribution in [2.75, 3.05) is 19.8 Å². The van der Waals surface area contributed by atoms with Crippen molar-refractivity contribution in [1.29, 1.82) is 0 Å². The molecule has 4 heterocycles. The smallest absolute Gasteiger partial charge is 0.334 e. The third-order valence-corrected chi connectivity index (χ3v) is 12.5. The molecule has 4 aliphatic heterocycles. The third-order valence-electron chi connectivity index (χ3n) is 12.5. The summed E-state index contributed by atoms with van der Waals surface area (Å²) in [5.74, 6) is -1.05. The van der Waals surface area contributed by atoms with Gasteiger partial charge in [-0.05, 0) is 50.5 Å². The van der Waals surface area contributed by atoms with Crippen LogP contribution in [0.5, 0.6) is 0 Å². The highest BCUT2D eigenvalue weighted by atomic mass is 16.7. The van der Waals surface area contributed by atoms with E-state index in [1.807, 2.05) is 6.92 Å². The molecule has 7 rings (SSSR count). The Balaban J connectivity index is 1.05. The van der Waals surface area contributed by atoms with Crippen molar-refractivity contribution < 1.29 is 58.1 Å². The lowest BCUT2D eigenvalue weighted by atomic mass is 9.49. The second-order valence-corrected chi connectivity index (χ2v) is 14.7. The summed E-state index contributed by atoms with van der Waals surface area (Å²) in [6.45, 7) is 10.4. The van der Waals surface area contributed by atoms with Gasteiger partial charge in [-0.1, -0.05) is 20.8 Å². The van der Waals surface area contributed by atoms with Gasteiger partial charge < -0.3 is 43.7 Å². The number of aliphatic hydroxyl groups excluding tert-OH is 3. The predicted molar refractivity (Wildman–Crippen MR) is 149 cm³/mol. The monoisotopic (exact) mass is 620 g/mol. The first kappa shape index (κ1) is 30.6. The van der Waals surface area contributed by atoms with E-state index in [1.165, 1.54) is 0 Å². The number of carbonyl (C=O) groups excluding carboxylic acids is 3. The van der Waals surface area contributed by atoms with Gasteiger partial charge in [0.1, 0.15) is 54.9 Å². The second-order valence-electron chi connectivity index (χ2n) is 14.7. The number of rotatable bonds is 7. The molecule has 13 atom stereocenters. The Morgan fingerprint density at radius 2 is 1.80 bits per heavy atom. The molecule has 3 N–H and O–H groups in total. The van der Waals surface area contributed by atoms with Crippen molar-refractivity contribution in [1.82, 2.24) is 0 Å². The minimum Gasteiger partial charge on any atom is -0.463 e. The molecule has 0 radical (unpaired) electrons. The molecule has 0 amide bonds. The lowest BCUT2D eigenvalue weighted by Gasteiger charge is -2.61. The quantitative estimate of drug-likeness (QED) is 0.210. The van der Waals surface area contributed by atoms with Crippen LogP contribution in [0.1, 0.15) is 66.7 Å². The molecule has 0 aromatic heterocycles. The van der Waals surface area contributed by atoms with Crippen LogP contribution in [0.2, 0.25) is 0 Å². The summed E-state index contributed by atoms with van der Waals surface area (Å²) in [5, 5.41) is 30.0. The first-order valence-electron chi connectivity index (χ1n) is 16.0. The molecule has 3 aliphatic carbocycles. The summed E-state index contributed by atoms with van der Waals surface area (Å²) >= 11 is 0. The van der Waals surface area contributed by atoms with Crippen LogP contribution < -0.4 is 0 Å². The number of carbonyl (C=O) groups is 3. The van der Waals surface area contributed by atoms with Crippen molar-refractivity contribution in [3.05, 3.63) is 11.1 Å². The molecular weight excluding hydrogens is 576 g/mol. The molecule has 0 aromatic carbocycles. The summed E-state index contributed by atoms with van der Waals surface area (Å²) in [5.41, 5.74) is -0.439. The fraction of sp³-hybridized carbons (Fsp3) is 0.844. The van der Waals surface area contributed by atoms with Gasteiger partial charge in [-0.2, -0.15) is 0 Å². The molecule has 5 unspecified atom stereocenters. The first-order valence-corrected chi connectivity index (χ1v) is 16.0. The topological polar surface area (TPSA) is 171 Å². The van der Waals surface area contributed by atoms with Crippen molar-refractivity contribution in [3.8, 4) is 0 Å². The van der Waals surface area contributed by atoms with Crippen LogP contribution in [-0.2, 0) is 42.8 Å². The molecule has 7 aliphatic rings. The van der Waals surface area contributed by atoms with Crippen LogP contribution in [0, 0.1) is 28.6 Å². The van der Waals surface area contributed by atoms with E-state index >= 15 is 0 Å². The van der Waals surface area contributed by atoms with Crippen LogP contribution in [0.15, 0.2) is 11.1 Å². The number of epoxide rings is 1. The number of esters is 3. The van der Waals surface area contributed by atoms with Crippen LogP contribution in [0.3, 0.4) is 0 Å². The lowest BCUT2D eigenvalue weighted by molar-refractivity contribution is -0.265. The fourth-order valence-electron chi connectivity index (χ4n) is 9.92. The number of fused-ring (bicyclic) bond motifs is 4. The summed E-state index contributed by atoms with van der Waals surface area (Å²) in [7, 11) is 0. The number of aliphatic hydroxyl groups is 3. The summed E-state index contributed by atoms with van der Waals surface area (Å²) in [6, 6.07) is 0. The maximum atomic E-state index is 13.4. The molecule has 3 saturated heterocycles. The van der Waals surface area contributed by atoms with Gasteiger partial charge in [-0.15, -0.1) is 0 Å². The van der Waals surface area contributed by atoms with Crippen molar-refractivity contribution in [3.63, 3.8) is 0 Å². The van der Waals surface area contributed by atoms with Crippen LogP contribution in [-0.4, -0.2) is 107 Å². The average molecular weight is 621 g/mol. The highest BCUT2D eigenvalue weighted by Crippen LogP contribution is 2.82.